The van der Waals surface area contributed by atoms with E-state index in [-0.39, 0.29) is 6.61 Å². The monoisotopic (exact) mass is 328 g/mol. The molecule has 0 aliphatic rings. The summed E-state index contributed by atoms with van der Waals surface area (Å²) in [5, 5.41) is 2.23. The topological polar surface area (TPSA) is 44.1 Å². The second-order valence-corrected chi connectivity index (χ2v) is 5.90. The summed E-state index contributed by atoms with van der Waals surface area (Å²) in [5.41, 5.74) is 2.75. The van der Waals surface area contributed by atoms with Gasteiger partial charge in [-0.15, -0.1) is 0 Å². The van der Waals surface area contributed by atoms with Crippen LogP contribution >= 0.6 is 0 Å². The molecule has 0 unspecified atom stereocenters. The number of fused-ring (bicyclic) bond motifs is 3. The molecule has 0 aliphatic carbocycles. The molecular formula is C20H17BN2O2. The fourth-order valence-electron chi connectivity index (χ4n) is 3.15. The largest absolute Gasteiger partial charge is 0.455 e. The van der Waals surface area contributed by atoms with Crippen molar-refractivity contribution in [2.24, 2.45) is 0 Å². The van der Waals surface area contributed by atoms with Crippen LogP contribution in [0, 0.1) is 0 Å². The molecule has 1 heterocycles. The van der Waals surface area contributed by atoms with Crippen molar-refractivity contribution in [3.05, 3.63) is 78.1 Å². The lowest BCUT2D eigenvalue weighted by atomic mass is 9.97. The lowest BCUT2D eigenvalue weighted by molar-refractivity contribution is 0.0458. The van der Waals surface area contributed by atoms with Crippen LogP contribution < -0.4 is 0 Å². The number of carbonyl (C=O) groups is 1. The summed E-state index contributed by atoms with van der Waals surface area (Å²) < 4.78 is 7.41. The molecule has 5 heteroatoms. The van der Waals surface area contributed by atoms with Gasteiger partial charge in [0.25, 0.3) is 0 Å². The minimum atomic E-state index is -0.397. The molecule has 122 valence electrons. The van der Waals surface area contributed by atoms with E-state index in [1.807, 2.05) is 65.9 Å². The molecule has 0 atom stereocenters. The first-order valence-corrected chi connectivity index (χ1v) is 8.37. The lowest BCUT2D eigenvalue weighted by Gasteiger charge is -2.08. The molecule has 0 amide bonds. The molecule has 0 radical (unpaired) electrons. The van der Waals surface area contributed by atoms with Crippen LogP contribution in [-0.4, -0.2) is 22.8 Å². The minimum Gasteiger partial charge on any atom is -0.455 e. The van der Waals surface area contributed by atoms with Gasteiger partial charge in [0.15, 0.2) is 0 Å². The SMILES string of the molecule is CBn1c(C(=O)OCc2ccccc2)nc2ccc3ccccc3c21. The second kappa shape index (κ2) is 6.44. The third-order valence-corrected chi connectivity index (χ3v) is 4.34. The van der Waals surface area contributed by atoms with Crippen molar-refractivity contribution in [3.8, 4) is 0 Å². The highest BCUT2D eigenvalue weighted by Gasteiger charge is 2.19. The first-order valence-electron chi connectivity index (χ1n) is 8.37. The number of hydrogen-bond donors (Lipinski definition) is 0. The molecule has 4 aromatic rings. The van der Waals surface area contributed by atoms with Gasteiger partial charge in [0.05, 0.1) is 11.0 Å². The first kappa shape index (κ1) is 15.5. The van der Waals surface area contributed by atoms with Crippen LogP contribution in [0.1, 0.15) is 16.2 Å². The van der Waals surface area contributed by atoms with Crippen LogP contribution in [-0.2, 0) is 11.3 Å². The van der Waals surface area contributed by atoms with Crippen LogP contribution in [0.2, 0.25) is 6.82 Å². The molecule has 0 spiro atoms. The average Bonchev–Trinajstić information content (AvgIpc) is 3.06. The van der Waals surface area contributed by atoms with Crippen LogP contribution in [0.3, 0.4) is 0 Å². The third kappa shape index (κ3) is 2.78. The maximum absolute atomic E-state index is 12.6. The number of imidazole rings is 1. The maximum Gasteiger partial charge on any atom is 0.373 e. The Morgan fingerprint density at radius 2 is 1.80 bits per heavy atom. The quantitative estimate of drug-likeness (QED) is 0.423. The van der Waals surface area contributed by atoms with E-state index < -0.39 is 5.97 Å². The summed E-state index contributed by atoms with van der Waals surface area (Å²) in [6, 6.07) is 21.8. The van der Waals surface area contributed by atoms with Gasteiger partial charge in [0.1, 0.15) is 6.61 Å². The van der Waals surface area contributed by atoms with Gasteiger partial charge in [0, 0.05) is 5.39 Å². The number of rotatable bonds is 4. The number of ether oxygens (including phenoxy) is 1. The Hall–Kier alpha value is -3.08. The highest BCUT2D eigenvalue weighted by Crippen LogP contribution is 2.26. The van der Waals surface area contributed by atoms with Gasteiger partial charge in [-0.25, -0.2) is 9.78 Å². The highest BCUT2D eigenvalue weighted by atomic mass is 16.5. The number of hydrogen-bond acceptors (Lipinski definition) is 3. The van der Waals surface area contributed by atoms with E-state index in [9.17, 15) is 4.79 Å². The van der Waals surface area contributed by atoms with Gasteiger partial charge in [-0.3, -0.25) is 0 Å². The minimum absolute atomic E-state index is 0.243. The Morgan fingerprint density at radius 1 is 1.04 bits per heavy atom. The van der Waals surface area contributed by atoms with Crippen LogP contribution in [0.15, 0.2) is 66.7 Å². The predicted molar refractivity (Wildman–Crippen MR) is 101 cm³/mol. The Labute approximate surface area is 146 Å². The van der Waals surface area contributed by atoms with E-state index in [0.29, 0.717) is 13.2 Å². The van der Waals surface area contributed by atoms with Gasteiger partial charge >= 0.3 is 5.97 Å². The van der Waals surface area contributed by atoms with E-state index >= 15 is 0 Å². The van der Waals surface area contributed by atoms with Crippen molar-refractivity contribution in [1.82, 2.24) is 9.46 Å². The Kier molecular flexibility index (Phi) is 3.98. The van der Waals surface area contributed by atoms with E-state index in [2.05, 4.69) is 17.1 Å². The zero-order valence-corrected chi connectivity index (χ0v) is 14.0. The van der Waals surface area contributed by atoms with Crippen LogP contribution in [0.5, 0.6) is 0 Å². The highest BCUT2D eigenvalue weighted by molar-refractivity contribution is 6.36. The molecule has 0 saturated carbocycles. The van der Waals surface area contributed by atoms with Crippen molar-refractivity contribution in [2.75, 3.05) is 0 Å². The number of esters is 1. The molecule has 4 nitrogen and oxygen atoms in total. The van der Waals surface area contributed by atoms with E-state index in [4.69, 9.17) is 4.74 Å². The van der Waals surface area contributed by atoms with Gasteiger partial charge in [0.2, 0.25) is 13.2 Å². The predicted octanol–water partition coefficient (Wildman–Crippen LogP) is 3.79. The van der Waals surface area contributed by atoms with Crippen LogP contribution in [0.4, 0.5) is 0 Å². The summed E-state index contributed by atoms with van der Waals surface area (Å²) in [6.45, 7) is 2.25. The van der Waals surface area contributed by atoms with Gasteiger partial charge in [-0.05, 0) is 17.0 Å². The van der Waals surface area contributed by atoms with E-state index in [1.54, 1.807) is 0 Å². The summed E-state index contributed by atoms with van der Waals surface area (Å²) in [6.07, 6.45) is 0. The molecule has 0 N–H and O–H groups in total. The number of aromatic nitrogens is 2. The number of nitrogens with zero attached hydrogens (tertiary/aromatic N) is 2. The number of benzene rings is 3. The van der Waals surface area contributed by atoms with Crippen molar-refractivity contribution in [1.29, 1.82) is 0 Å². The Morgan fingerprint density at radius 3 is 2.60 bits per heavy atom. The first-order chi connectivity index (χ1) is 12.3. The normalized spacial score (nSPS) is 10.9. The third-order valence-electron chi connectivity index (χ3n) is 4.34. The summed E-state index contributed by atoms with van der Waals surface area (Å²) in [5.74, 6) is -0.0456. The molecule has 4 rings (SSSR count). The van der Waals surface area contributed by atoms with E-state index in [0.717, 1.165) is 27.4 Å². The Balaban J connectivity index is 1.74. The Bertz CT molecular complexity index is 1060. The molecule has 0 fully saturated rings. The molecular weight excluding hydrogens is 311 g/mol. The second-order valence-electron chi connectivity index (χ2n) is 5.90. The molecule has 1 aromatic heterocycles. The van der Waals surface area contributed by atoms with Gasteiger partial charge in [-0.1, -0.05) is 67.5 Å². The summed E-state index contributed by atoms with van der Waals surface area (Å²) in [4.78, 5) is 17.1. The zero-order valence-electron chi connectivity index (χ0n) is 14.0. The fraction of sp³-hybridized carbons (Fsp3) is 0.100. The van der Waals surface area contributed by atoms with Crippen molar-refractivity contribution >= 4 is 35.2 Å². The summed E-state index contributed by atoms with van der Waals surface area (Å²) >= 11 is 0. The van der Waals surface area contributed by atoms with Gasteiger partial charge < -0.3 is 9.21 Å². The molecule has 25 heavy (non-hydrogen) atoms. The molecule has 0 bridgehead atoms. The van der Waals surface area contributed by atoms with Crippen molar-refractivity contribution in [3.63, 3.8) is 0 Å². The van der Waals surface area contributed by atoms with Gasteiger partial charge in [-0.2, -0.15) is 0 Å². The van der Waals surface area contributed by atoms with E-state index in [1.165, 1.54) is 0 Å². The zero-order chi connectivity index (χ0) is 17.2. The van der Waals surface area contributed by atoms with Crippen molar-refractivity contribution in [2.45, 2.75) is 13.4 Å². The van der Waals surface area contributed by atoms with Crippen LogP contribution in [0.25, 0.3) is 21.8 Å². The number of carbonyl (C=O) groups excluding carboxylic acids is 1. The smallest absolute Gasteiger partial charge is 0.373 e. The molecule has 0 saturated heterocycles. The standard InChI is InChI=1S/C20H17BN2O2/c1-21-23-18-16-10-6-5-9-15(16)11-12-17(18)22-19(23)20(24)25-13-14-7-3-2-4-8-14/h2-12,21H,13H2,1H3. The lowest BCUT2D eigenvalue weighted by Crippen LogP contribution is -2.15. The fourth-order valence-corrected chi connectivity index (χ4v) is 3.15. The summed E-state index contributed by atoms with van der Waals surface area (Å²) in [7, 11) is 0.653. The molecule has 0 aliphatic heterocycles. The molecule has 3 aromatic carbocycles. The maximum atomic E-state index is 12.6. The average molecular weight is 328 g/mol. The van der Waals surface area contributed by atoms with Crippen molar-refractivity contribution < 1.29 is 9.53 Å².